The monoisotopic (exact) mass is 421 g/mol. The number of thioether (sulfide) groups is 1. The van der Waals surface area contributed by atoms with Gasteiger partial charge in [-0.05, 0) is 30.5 Å². The van der Waals surface area contributed by atoms with Gasteiger partial charge in [-0.15, -0.1) is 11.8 Å². The molecule has 2 amide bonds. The lowest BCUT2D eigenvalue weighted by molar-refractivity contribution is -0.150. The zero-order chi connectivity index (χ0) is 20.5. The molecule has 10 nitrogen and oxygen atoms in total. The highest BCUT2D eigenvalue weighted by Gasteiger charge is 2.55. The summed E-state index contributed by atoms with van der Waals surface area (Å²) >= 11 is 1.40. The Hall–Kier alpha value is -2.79. The molecule has 4 rings (SSSR count). The second-order valence-corrected chi connectivity index (χ2v) is 7.75. The maximum absolute atomic E-state index is 12.7. The molecule has 11 heteroatoms. The van der Waals surface area contributed by atoms with Crippen molar-refractivity contribution < 1.29 is 33.5 Å². The van der Waals surface area contributed by atoms with E-state index in [1.807, 2.05) is 0 Å². The standard InChI is InChI=1S/C18H19N3O7S/c1-26-20-12(11-5-3-7-28-11)15(22)19-13-16(23)21-14(18(24)25)9(8-29-17(13)21)10-4-2-6-27-10/h3,5,7,10,13,17H,2,4,6,8H2,1H3,(H,19,22)(H,24,25)/b20-12-/t10-,13+,17+/m0/s1. The zero-order valence-corrected chi connectivity index (χ0v) is 16.3. The molecule has 0 unspecified atom stereocenters. The predicted molar refractivity (Wildman–Crippen MR) is 101 cm³/mol. The zero-order valence-electron chi connectivity index (χ0n) is 15.5. The van der Waals surface area contributed by atoms with Gasteiger partial charge in [-0.1, -0.05) is 5.16 Å². The molecule has 0 radical (unpaired) electrons. The molecular formula is C18H19N3O7S. The number of hydrogen-bond acceptors (Lipinski definition) is 8. The second-order valence-electron chi connectivity index (χ2n) is 6.64. The summed E-state index contributed by atoms with van der Waals surface area (Å²) in [5.74, 6) is -1.69. The number of fused-ring (bicyclic) bond motifs is 1. The molecule has 3 aliphatic heterocycles. The Labute approximate surface area is 169 Å². The maximum atomic E-state index is 12.7. The Morgan fingerprint density at radius 2 is 2.28 bits per heavy atom. The van der Waals surface area contributed by atoms with Crippen molar-refractivity contribution in [2.75, 3.05) is 19.5 Å². The van der Waals surface area contributed by atoms with Gasteiger partial charge in [0.1, 0.15) is 24.2 Å². The van der Waals surface area contributed by atoms with E-state index in [1.165, 1.54) is 30.0 Å². The van der Waals surface area contributed by atoms with Crippen molar-refractivity contribution in [3.05, 3.63) is 35.4 Å². The molecule has 0 aromatic carbocycles. The van der Waals surface area contributed by atoms with E-state index in [9.17, 15) is 19.5 Å². The Morgan fingerprint density at radius 3 is 2.90 bits per heavy atom. The molecule has 2 N–H and O–H groups in total. The number of furan rings is 1. The molecule has 3 atom stereocenters. The van der Waals surface area contributed by atoms with Crippen molar-refractivity contribution in [3.63, 3.8) is 0 Å². The lowest BCUT2D eigenvalue weighted by Gasteiger charge is -2.49. The first-order valence-corrected chi connectivity index (χ1v) is 10.1. The van der Waals surface area contributed by atoms with Gasteiger partial charge in [0.05, 0.1) is 12.4 Å². The van der Waals surface area contributed by atoms with Gasteiger partial charge in [-0.3, -0.25) is 14.5 Å². The summed E-state index contributed by atoms with van der Waals surface area (Å²) in [6, 6.07) is 2.27. The minimum absolute atomic E-state index is 0.0343. The number of nitrogens with zero attached hydrogens (tertiary/aromatic N) is 2. The minimum Gasteiger partial charge on any atom is -0.477 e. The number of rotatable bonds is 6. The number of carboxylic acid groups (broad SMARTS) is 1. The number of aliphatic carboxylic acids is 1. The highest BCUT2D eigenvalue weighted by Crippen LogP contribution is 2.42. The normalized spacial score (nSPS) is 26.8. The topological polar surface area (TPSA) is 131 Å². The average molecular weight is 421 g/mol. The summed E-state index contributed by atoms with van der Waals surface area (Å²) in [5, 5.41) is 15.5. The van der Waals surface area contributed by atoms with E-state index >= 15 is 0 Å². The number of oxime groups is 1. The van der Waals surface area contributed by atoms with Gasteiger partial charge in [-0.2, -0.15) is 0 Å². The van der Waals surface area contributed by atoms with E-state index in [0.717, 1.165) is 12.8 Å². The van der Waals surface area contributed by atoms with Crippen molar-refractivity contribution >= 4 is 35.3 Å². The molecule has 0 bridgehead atoms. The summed E-state index contributed by atoms with van der Waals surface area (Å²) in [5.41, 5.74) is 0.471. The van der Waals surface area contributed by atoms with E-state index in [1.54, 1.807) is 12.1 Å². The van der Waals surface area contributed by atoms with Crippen LogP contribution in [0.25, 0.3) is 0 Å². The lowest BCUT2D eigenvalue weighted by atomic mass is 9.99. The van der Waals surface area contributed by atoms with Crippen LogP contribution in [0.5, 0.6) is 0 Å². The molecule has 0 saturated carbocycles. The SMILES string of the molecule is CO/N=C(\C(=O)N[C@@H]1C(=O)N2C(C(=O)O)=C([C@@H]3CCCO3)CS[C@H]12)c1ccco1. The molecule has 2 saturated heterocycles. The van der Waals surface area contributed by atoms with Crippen LogP contribution in [0.3, 0.4) is 0 Å². The van der Waals surface area contributed by atoms with Crippen LogP contribution in [-0.4, -0.2) is 70.5 Å². The number of β-lactam (4-membered cyclic amide) rings is 1. The van der Waals surface area contributed by atoms with Gasteiger partial charge in [0.15, 0.2) is 5.76 Å². The maximum Gasteiger partial charge on any atom is 0.352 e. The quantitative estimate of drug-likeness (QED) is 0.387. The Balaban J connectivity index is 1.53. The molecule has 3 aliphatic rings. The van der Waals surface area contributed by atoms with Crippen molar-refractivity contribution in [1.82, 2.24) is 10.2 Å². The molecule has 2 fully saturated rings. The van der Waals surface area contributed by atoms with Crippen LogP contribution in [0.2, 0.25) is 0 Å². The summed E-state index contributed by atoms with van der Waals surface area (Å²) < 4.78 is 10.8. The number of carbonyl (C=O) groups excluding carboxylic acids is 2. The number of amides is 2. The number of ether oxygens (including phenoxy) is 1. The Bertz CT molecular complexity index is 889. The van der Waals surface area contributed by atoms with Crippen LogP contribution in [0.1, 0.15) is 18.6 Å². The first-order chi connectivity index (χ1) is 14.0. The van der Waals surface area contributed by atoms with Crippen LogP contribution in [0, 0.1) is 0 Å². The molecule has 4 heterocycles. The molecule has 0 aliphatic carbocycles. The molecule has 1 aromatic heterocycles. The van der Waals surface area contributed by atoms with Crippen LogP contribution in [0.15, 0.2) is 39.2 Å². The fourth-order valence-electron chi connectivity index (χ4n) is 3.65. The first-order valence-electron chi connectivity index (χ1n) is 9.01. The van der Waals surface area contributed by atoms with Crippen LogP contribution in [0.4, 0.5) is 0 Å². The van der Waals surface area contributed by atoms with E-state index in [4.69, 9.17) is 14.0 Å². The van der Waals surface area contributed by atoms with Gasteiger partial charge in [0.2, 0.25) is 5.71 Å². The van der Waals surface area contributed by atoms with Crippen molar-refractivity contribution in [3.8, 4) is 0 Å². The van der Waals surface area contributed by atoms with Crippen molar-refractivity contribution in [2.45, 2.75) is 30.4 Å². The number of carboxylic acids is 1. The molecular weight excluding hydrogens is 402 g/mol. The third kappa shape index (κ3) is 3.40. The minimum atomic E-state index is -1.17. The van der Waals surface area contributed by atoms with Crippen LogP contribution >= 0.6 is 11.8 Å². The smallest absolute Gasteiger partial charge is 0.352 e. The van der Waals surface area contributed by atoms with Gasteiger partial charge >= 0.3 is 5.97 Å². The van der Waals surface area contributed by atoms with Crippen molar-refractivity contribution in [1.29, 1.82) is 0 Å². The van der Waals surface area contributed by atoms with Gasteiger partial charge in [0, 0.05) is 12.4 Å². The summed E-state index contributed by atoms with van der Waals surface area (Å²) in [6.07, 6.45) is 2.70. The second kappa shape index (κ2) is 7.91. The predicted octanol–water partition coefficient (Wildman–Crippen LogP) is 0.548. The third-order valence-corrected chi connectivity index (χ3v) is 6.26. The number of nitrogens with one attached hydrogen (secondary N) is 1. The van der Waals surface area contributed by atoms with Crippen LogP contribution in [-0.2, 0) is 24.0 Å². The lowest BCUT2D eigenvalue weighted by Crippen LogP contribution is -2.71. The Kier molecular flexibility index (Phi) is 5.33. The first kappa shape index (κ1) is 19.5. The van der Waals surface area contributed by atoms with E-state index in [-0.39, 0.29) is 23.3 Å². The molecule has 29 heavy (non-hydrogen) atoms. The highest BCUT2D eigenvalue weighted by molar-refractivity contribution is 8.00. The summed E-state index contributed by atoms with van der Waals surface area (Å²) in [4.78, 5) is 43.2. The van der Waals surface area contributed by atoms with Crippen molar-refractivity contribution in [2.24, 2.45) is 5.16 Å². The van der Waals surface area contributed by atoms with Crippen LogP contribution < -0.4 is 5.32 Å². The van der Waals surface area contributed by atoms with E-state index in [2.05, 4.69) is 10.5 Å². The third-order valence-electron chi connectivity index (χ3n) is 4.96. The van der Waals surface area contributed by atoms with E-state index in [0.29, 0.717) is 17.9 Å². The number of carbonyl (C=O) groups is 3. The summed E-state index contributed by atoms with van der Waals surface area (Å²) in [6.45, 7) is 0.580. The fraction of sp³-hybridized carbons (Fsp3) is 0.444. The molecule has 154 valence electrons. The molecule has 1 aromatic rings. The fourth-order valence-corrected chi connectivity index (χ4v) is 5.06. The molecule has 0 spiro atoms. The number of hydrogen-bond donors (Lipinski definition) is 2. The summed E-state index contributed by atoms with van der Waals surface area (Å²) in [7, 11) is 1.29. The van der Waals surface area contributed by atoms with Gasteiger partial charge in [-0.25, -0.2) is 4.79 Å². The average Bonchev–Trinajstić information content (AvgIpc) is 3.42. The highest BCUT2D eigenvalue weighted by atomic mass is 32.2. The van der Waals surface area contributed by atoms with E-state index < -0.39 is 29.2 Å². The largest absolute Gasteiger partial charge is 0.477 e. The van der Waals surface area contributed by atoms with Gasteiger partial charge in [0.25, 0.3) is 11.8 Å². The Morgan fingerprint density at radius 1 is 1.45 bits per heavy atom. The van der Waals surface area contributed by atoms with Gasteiger partial charge < -0.3 is 24.4 Å².